The average molecular weight is 156 g/mol. The Balaban J connectivity index is 2.56. The van der Waals surface area contributed by atoms with Gasteiger partial charge in [0.2, 0.25) is 0 Å². The maximum absolute atomic E-state index is 10.9. The predicted octanol–water partition coefficient (Wildman–Crippen LogP) is 2.14. The van der Waals surface area contributed by atoms with Gasteiger partial charge in [-0.2, -0.15) is 0 Å². The van der Waals surface area contributed by atoms with Gasteiger partial charge >= 0.3 is 0 Å². The SMILES string of the molecule is CC(=O)C1CCCCC1=S. The zero-order valence-electron chi connectivity index (χ0n) is 6.22. The molecule has 1 rings (SSSR count). The first-order valence-corrected chi connectivity index (χ1v) is 4.16. The van der Waals surface area contributed by atoms with E-state index in [2.05, 4.69) is 0 Å². The van der Waals surface area contributed by atoms with Gasteiger partial charge in [0, 0.05) is 10.8 Å². The third-order valence-electron chi connectivity index (χ3n) is 2.05. The van der Waals surface area contributed by atoms with Gasteiger partial charge in [0.05, 0.1) is 0 Å². The van der Waals surface area contributed by atoms with Gasteiger partial charge in [0.25, 0.3) is 0 Å². The summed E-state index contributed by atoms with van der Waals surface area (Å²) in [5.41, 5.74) is 0. The minimum absolute atomic E-state index is 0.115. The highest BCUT2D eigenvalue weighted by atomic mass is 32.1. The molecule has 0 bridgehead atoms. The number of hydrogen-bond acceptors (Lipinski definition) is 2. The molecule has 0 amide bonds. The van der Waals surface area contributed by atoms with Gasteiger partial charge in [-0.1, -0.05) is 18.6 Å². The monoisotopic (exact) mass is 156 g/mol. The number of carbonyl (C=O) groups excluding carboxylic acids is 1. The van der Waals surface area contributed by atoms with Gasteiger partial charge in [-0.05, 0) is 26.2 Å². The molecule has 0 radical (unpaired) electrons. The molecule has 0 saturated heterocycles. The van der Waals surface area contributed by atoms with E-state index in [1.54, 1.807) is 6.92 Å². The quantitative estimate of drug-likeness (QED) is 0.541. The van der Waals surface area contributed by atoms with Crippen molar-refractivity contribution in [2.45, 2.75) is 32.6 Å². The molecular formula is C8H12OS. The second kappa shape index (κ2) is 3.24. The van der Waals surface area contributed by atoms with Gasteiger partial charge < -0.3 is 0 Å². The van der Waals surface area contributed by atoms with E-state index in [9.17, 15) is 4.79 Å². The number of hydrogen-bond donors (Lipinski definition) is 0. The van der Waals surface area contributed by atoms with Crippen molar-refractivity contribution in [3.05, 3.63) is 0 Å². The lowest BCUT2D eigenvalue weighted by Gasteiger charge is -2.19. The first kappa shape index (κ1) is 7.86. The number of ketones is 1. The molecule has 0 aliphatic heterocycles. The van der Waals surface area contributed by atoms with Crippen LogP contribution in [0, 0.1) is 5.92 Å². The van der Waals surface area contributed by atoms with Crippen molar-refractivity contribution in [2.75, 3.05) is 0 Å². The van der Waals surface area contributed by atoms with Gasteiger partial charge in [-0.3, -0.25) is 4.79 Å². The molecule has 0 heterocycles. The molecule has 1 aliphatic carbocycles. The standard InChI is InChI=1S/C8H12OS/c1-6(9)7-4-2-3-5-8(7)10/h7H,2-5H2,1H3. The average Bonchev–Trinajstić information content (AvgIpc) is 1.88. The Morgan fingerprint density at radius 3 is 2.70 bits per heavy atom. The molecule has 0 aromatic carbocycles. The van der Waals surface area contributed by atoms with Crippen LogP contribution in [0.5, 0.6) is 0 Å². The van der Waals surface area contributed by atoms with Gasteiger partial charge in [0.15, 0.2) is 0 Å². The van der Waals surface area contributed by atoms with E-state index in [0.717, 1.165) is 17.7 Å². The summed E-state index contributed by atoms with van der Waals surface area (Å²) in [7, 11) is 0. The van der Waals surface area contributed by atoms with Crippen molar-refractivity contribution in [3.63, 3.8) is 0 Å². The van der Waals surface area contributed by atoms with Crippen LogP contribution >= 0.6 is 12.2 Å². The lowest BCUT2D eigenvalue weighted by atomic mass is 9.86. The van der Waals surface area contributed by atoms with Crippen LogP contribution in [0.15, 0.2) is 0 Å². The van der Waals surface area contributed by atoms with Crippen LogP contribution in [0.1, 0.15) is 32.6 Å². The Kier molecular flexibility index (Phi) is 2.55. The highest BCUT2D eigenvalue weighted by Crippen LogP contribution is 2.22. The molecule has 0 N–H and O–H groups in total. The Hall–Kier alpha value is -0.240. The van der Waals surface area contributed by atoms with E-state index in [1.807, 2.05) is 0 Å². The van der Waals surface area contributed by atoms with Crippen molar-refractivity contribution in [3.8, 4) is 0 Å². The molecule has 0 aromatic heterocycles. The molecule has 1 nitrogen and oxygen atoms in total. The van der Waals surface area contributed by atoms with Crippen LogP contribution in [0.4, 0.5) is 0 Å². The number of thiocarbonyl (C=S) groups is 1. The van der Waals surface area contributed by atoms with Crippen LogP contribution < -0.4 is 0 Å². The van der Waals surface area contributed by atoms with E-state index >= 15 is 0 Å². The van der Waals surface area contributed by atoms with Crippen LogP contribution in [-0.4, -0.2) is 10.6 Å². The molecular weight excluding hydrogens is 144 g/mol. The summed E-state index contributed by atoms with van der Waals surface area (Å²) in [5, 5.41) is 0. The van der Waals surface area contributed by atoms with Crippen molar-refractivity contribution >= 4 is 22.9 Å². The third-order valence-corrected chi connectivity index (χ3v) is 2.53. The van der Waals surface area contributed by atoms with Crippen LogP contribution in [-0.2, 0) is 4.79 Å². The van der Waals surface area contributed by atoms with Crippen molar-refractivity contribution in [1.29, 1.82) is 0 Å². The zero-order valence-corrected chi connectivity index (χ0v) is 7.04. The molecule has 56 valence electrons. The predicted molar refractivity (Wildman–Crippen MR) is 45.2 cm³/mol. The molecule has 1 aliphatic rings. The Labute approximate surface area is 66.8 Å². The van der Waals surface area contributed by atoms with Crippen LogP contribution in [0.25, 0.3) is 0 Å². The van der Waals surface area contributed by atoms with Crippen LogP contribution in [0.3, 0.4) is 0 Å². The second-order valence-corrected chi connectivity index (χ2v) is 3.40. The maximum atomic E-state index is 10.9. The third kappa shape index (κ3) is 1.63. The molecule has 0 aromatic rings. The Bertz CT molecular complexity index is 163. The minimum Gasteiger partial charge on any atom is -0.299 e. The smallest absolute Gasteiger partial charge is 0.137 e. The minimum atomic E-state index is 0.115. The summed E-state index contributed by atoms with van der Waals surface area (Å²) in [6, 6.07) is 0. The van der Waals surface area contributed by atoms with E-state index in [4.69, 9.17) is 12.2 Å². The van der Waals surface area contributed by atoms with E-state index in [1.165, 1.54) is 12.8 Å². The van der Waals surface area contributed by atoms with Crippen molar-refractivity contribution in [1.82, 2.24) is 0 Å². The summed E-state index contributed by atoms with van der Waals surface area (Å²) >= 11 is 5.08. The topological polar surface area (TPSA) is 17.1 Å². The highest BCUT2D eigenvalue weighted by Gasteiger charge is 2.21. The molecule has 1 fully saturated rings. The molecule has 0 spiro atoms. The fourth-order valence-electron chi connectivity index (χ4n) is 1.41. The summed E-state index contributed by atoms with van der Waals surface area (Å²) < 4.78 is 0. The highest BCUT2D eigenvalue weighted by molar-refractivity contribution is 7.80. The van der Waals surface area contributed by atoms with Crippen molar-refractivity contribution < 1.29 is 4.79 Å². The first-order chi connectivity index (χ1) is 4.72. The Morgan fingerprint density at radius 2 is 2.30 bits per heavy atom. The van der Waals surface area contributed by atoms with Crippen LogP contribution in [0.2, 0.25) is 0 Å². The van der Waals surface area contributed by atoms with E-state index < -0.39 is 0 Å². The second-order valence-electron chi connectivity index (χ2n) is 2.88. The lowest BCUT2D eigenvalue weighted by Crippen LogP contribution is -2.23. The largest absolute Gasteiger partial charge is 0.299 e. The fraction of sp³-hybridized carbons (Fsp3) is 0.750. The summed E-state index contributed by atoms with van der Waals surface area (Å²) in [5.74, 6) is 0.369. The Morgan fingerprint density at radius 1 is 1.60 bits per heavy atom. The summed E-state index contributed by atoms with van der Waals surface area (Å²) in [6.45, 7) is 1.64. The maximum Gasteiger partial charge on any atom is 0.137 e. The number of rotatable bonds is 1. The number of carbonyl (C=O) groups is 1. The molecule has 1 saturated carbocycles. The lowest BCUT2D eigenvalue weighted by molar-refractivity contribution is -0.119. The van der Waals surface area contributed by atoms with Gasteiger partial charge in [0.1, 0.15) is 5.78 Å². The molecule has 10 heavy (non-hydrogen) atoms. The fourth-order valence-corrected chi connectivity index (χ4v) is 1.84. The van der Waals surface area contributed by atoms with Gasteiger partial charge in [-0.15, -0.1) is 0 Å². The zero-order chi connectivity index (χ0) is 7.56. The molecule has 1 unspecified atom stereocenters. The molecule has 1 atom stereocenters. The summed E-state index contributed by atoms with van der Waals surface area (Å²) in [6.07, 6.45) is 4.33. The van der Waals surface area contributed by atoms with E-state index in [0.29, 0.717) is 0 Å². The summed E-state index contributed by atoms with van der Waals surface area (Å²) in [4.78, 5) is 11.9. The normalized spacial score (nSPS) is 26.5. The van der Waals surface area contributed by atoms with E-state index in [-0.39, 0.29) is 11.7 Å². The number of Topliss-reactive ketones (excluding diaryl/α,β-unsaturated/α-hetero) is 1. The van der Waals surface area contributed by atoms with Gasteiger partial charge in [-0.25, -0.2) is 0 Å². The van der Waals surface area contributed by atoms with Crippen molar-refractivity contribution in [2.24, 2.45) is 5.92 Å². The molecule has 2 heteroatoms. The first-order valence-electron chi connectivity index (χ1n) is 3.75.